The SMILES string of the molecule is Cc1cn(C(C)c2cc(C)sc2C)c(NC(C)C)n1. The minimum absolute atomic E-state index is 0.312. The van der Waals surface area contributed by atoms with Crippen LogP contribution in [-0.2, 0) is 0 Å². The molecule has 4 heteroatoms. The van der Waals surface area contributed by atoms with E-state index in [1.165, 1.54) is 15.3 Å². The quantitative estimate of drug-likeness (QED) is 0.903. The maximum Gasteiger partial charge on any atom is 0.203 e. The molecule has 2 heterocycles. The molecule has 0 bridgehead atoms. The van der Waals surface area contributed by atoms with Gasteiger partial charge < -0.3 is 9.88 Å². The smallest absolute Gasteiger partial charge is 0.203 e. The average molecular weight is 277 g/mol. The summed E-state index contributed by atoms with van der Waals surface area (Å²) in [6, 6.07) is 2.99. The van der Waals surface area contributed by atoms with E-state index in [0.717, 1.165) is 11.6 Å². The minimum atomic E-state index is 0.312. The molecule has 104 valence electrons. The Labute approximate surface area is 119 Å². The van der Waals surface area contributed by atoms with Crippen LogP contribution >= 0.6 is 11.3 Å². The summed E-state index contributed by atoms with van der Waals surface area (Å²) in [6.07, 6.45) is 2.13. The number of rotatable bonds is 4. The standard InChI is InChI=1S/C15H23N3S/c1-9(2)16-15-17-10(3)8-18(15)12(5)14-7-11(4)19-13(14)6/h7-9,12H,1-6H3,(H,16,17). The van der Waals surface area contributed by atoms with Crippen LogP contribution in [0.4, 0.5) is 5.95 Å². The van der Waals surface area contributed by atoms with E-state index in [-0.39, 0.29) is 0 Å². The van der Waals surface area contributed by atoms with Crippen LogP contribution in [0.15, 0.2) is 12.3 Å². The molecular formula is C15H23N3S. The summed E-state index contributed by atoms with van der Waals surface area (Å²) < 4.78 is 2.24. The van der Waals surface area contributed by atoms with Crippen molar-refractivity contribution in [3.63, 3.8) is 0 Å². The monoisotopic (exact) mass is 277 g/mol. The van der Waals surface area contributed by atoms with Crippen LogP contribution < -0.4 is 5.32 Å². The predicted octanol–water partition coefficient (Wildman–Crippen LogP) is 4.30. The molecule has 0 aliphatic heterocycles. The molecule has 0 aromatic carbocycles. The Morgan fingerprint density at radius 3 is 2.42 bits per heavy atom. The van der Waals surface area contributed by atoms with E-state index in [0.29, 0.717) is 12.1 Å². The van der Waals surface area contributed by atoms with Gasteiger partial charge in [-0.25, -0.2) is 4.98 Å². The molecule has 0 radical (unpaired) electrons. The average Bonchev–Trinajstić information content (AvgIpc) is 2.80. The van der Waals surface area contributed by atoms with Gasteiger partial charge in [-0.3, -0.25) is 0 Å². The van der Waals surface area contributed by atoms with Crippen LogP contribution in [0.1, 0.15) is 47.8 Å². The van der Waals surface area contributed by atoms with Crippen LogP contribution in [0.3, 0.4) is 0 Å². The van der Waals surface area contributed by atoms with E-state index in [2.05, 4.69) is 61.7 Å². The van der Waals surface area contributed by atoms with Crippen molar-refractivity contribution in [2.24, 2.45) is 0 Å². The number of nitrogens with zero attached hydrogens (tertiary/aromatic N) is 2. The van der Waals surface area contributed by atoms with E-state index in [1.54, 1.807) is 0 Å². The predicted molar refractivity (Wildman–Crippen MR) is 83.3 cm³/mol. The van der Waals surface area contributed by atoms with Crippen molar-refractivity contribution in [3.05, 3.63) is 33.3 Å². The molecule has 3 nitrogen and oxygen atoms in total. The zero-order chi connectivity index (χ0) is 14.2. The van der Waals surface area contributed by atoms with Gasteiger partial charge >= 0.3 is 0 Å². The number of aromatic nitrogens is 2. The first kappa shape index (κ1) is 14.1. The Morgan fingerprint density at radius 1 is 1.21 bits per heavy atom. The summed E-state index contributed by atoms with van der Waals surface area (Å²) in [6.45, 7) is 12.9. The molecule has 19 heavy (non-hydrogen) atoms. The highest BCUT2D eigenvalue weighted by molar-refractivity contribution is 7.12. The first-order valence-corrected chi connectivity index (χ1v) is 7.59. The molecule has 0 spiro atoms. The molecular weight excluding hydrogens is 254 g/mol. The molecule has 2 aromatic rings. The van der Waals surface area contributed by atoms with Crippen LogP contribution in [0.5, 0.6) is 0 Å². The van der Waals surface area contributed by atoms with Crippen molar-refractivity contribution >= 4 is 17.3 Å². The Morgan fingerprint density at radius 2 is 1.89 bits per heavy atom. The summed E-state index contributed by atoms with van der Waals surface area (Å²) in [5.74, 6) is 0.961. The third-order valence-corrected chi connectivity index (χ3v) is 4.20. The lowest BCUT2D eigenvalue weighted by Crippen LogP contribution is -2.17. The van der Waals surface area contributed by atoms with Crippen molar-refractivity contribution in [1.29, 1.82) is 0 Å². The lowest BCUT2D eigenvalue weighted by Gasteiger charge is -2.18. The van der Waals surface area contributed by atoms with Gasteiger partial charge in [0.1, 0.15) is 0 Å². The zero-order valence-electron chi connectivity index (χ0n) is 12.6. The van der Waals surface area contributed by atoms with Gasteiger partial charge in [0.05, 0.1) is 11.7 Å². The Kier molecular flexibility index (Phi) is 3.99. The van der Waals surface area contributed by atoms with Crippen molar-refractivity contribution in [3.8, 4) is 0 Å². The lowest BCUT2D eigenvalue weighted by molar-refractivity contribution is 0.637. The summed E-state index contributed by atoms with van der Waals surface area (Å²) in [5.41, 5.74) is 2.45. The molecule has 0 amide bonds. The number of nitrogens with one attached hydrogen (secondary N) is 1. The maximum atomic E-state index is 4.59. The molecule has 1 unspecified atom stereocenters. The summed E-state index contributed by atoms with van der Waals surface area (Å²) >= 11 is 1.86. The van der Waals surface area contributed by atoms with Gasteiger partial charge in [0.15, 0.2) is 0 Å². The first-order chi connectivity index (χ1) is 8.88. The molecule has 0 saturated carbocycles. The van der Waals surface area contributed by atoms with Gasteiger partial charge in [-0.2, -0.15) is 0 Å². The Balaban J connectivity index is 2.38. The second-order valence-electron chi connectivity index (χ2n) is 5.46. The summed E-state index contributed by atoms with van der Waals surface area (Å²) in [5, 5.41) is 3.43. The van der Waals surface area contributed by atoms with Gasteiger partial charge in [-0.05, 0) is 53.2 Å². The number of aryl methyl sites for hydroxylation is 3. The molecule has 0 aliphatic carbocycles. The van der Waals surface area contributed by atoms with E-state index in [9.17, 15) is 0 Å². The fourth-order valence-corrected chi connectivity index (χ4v) is 3.41. The molecule has 0 fully saturated rings. The third-order valence-electron chi connectivity index (χ3n) is 3.22. The van der Waals surface area contributed by atoms with Gasteiger partial charge in [-0.15, -0.1) is 11.3 Å². The van der Waals surface area contributed by atoms with E-state index >= 15 is 0 Å². The van der Waals surface area contributed by atoms with Crippen LogP contribution in [0.25, 0.3) is 0 Å². The van der Waals surface area contributed by atoms with Gasteiger partial charge in [0, 0.05) is 22.0 Å². The van der Waals surface area contributed by atoms with Crippen LogP contribution in [0.2, 0.25) is 0 Å². The van der Waals surface area contributed by atoms with E-state index in [4.69, 9.17) is 0 Å². The molecule has 2 aromatic heterocycles. The minimum Gasteiger partial charge on any atom is -0.353 e. The molecule has 0 aliphatic rings. The Bertz CT molecular complexity index is 566. The molecule has 1 N–H and O–H groups in total. The van der Waals surface area contributed by atoms with Gasteiger partial charge in [-0.1, -0.05) is 0 Å². The number of hydrogen-bond acceptors (Lipinski definition) is 3. The first-order valence-electron chi connectivity index (χ1n) is 6.77. The fourth-order valence-electron chi connectivity index (χ4n) is 2.39. The van der Waals surface area contributed by atoms with Crippen molar-refractivity contribution < 1.29 is 0 Å². The highest BCUT2D eigenvalue weighted by Gasteiger charge is 2.17. The Hall–Kier alpha value is -1.29. The van der Waals surface area contributed by atoms with Crippen molar-refractivity contribution in [1.82, 2.24) is 9.55 Å². The zero-order valence-corrected chi connectivity index (χ0v) is 13.4. The van der Waals surface area contributed by atoms with Gasteiger partial charge in [0.2, 0.25) is 5.95 Å². The topological polar surface area (TPSA) is 29.9 Å². The maximum absolute atomic E-state index is 4.59. The second-order valence-corrected chi connectivity index (χ2v) is 6.92. The number of imidazole rings is 1. The van der Waals surface area contributed by atoms with Crippen molar-refractivity contribution in [2.75, 3.05) is 5.32 Å². The van der Waals surface area contributed by atoms with E-state index < -0.39 is 0 Å². The van der Waals surface area contributed by atoms with Gasteiger partial charge in [0.25, 0.3) is 0 Å². The van der Waals surface area contributed by atoms with E-state index in [1.807, 2.05) is 18.3 Å². The largest absolute Gasteiger partial charge is 0.353 e. The van der Waals surface area contributed by atoms with Crippen LogP contribution in [0, 0.1) is 20.8 Å². The normalized spacial score (nSPS) is 13.0. The second kappa shape index (κ2) is 5.37. The highest BCUT2D eigenvalue weighted by atomic mass is 32.1. The van der Waals surface area contributed by atoms with Crippen LogP contribution in [-0.4, -0.2) is 15.6 Å². The molecule has 1 atom stereocenters. The molecule has 2 rings (SSSR count). The number of anilines is 1. The van der Waals surface area contributed by atoms with Crippen molar-refractivity contribution in [2.45, 2.75) is 53.6 Å². The number of hydrogen-bond donors (Lipinski definition) is 1. The lowest BCUT2D eigenvalue weighted by atomic mass is 10.1. The number of thiophene rings is 1. The summed E-state index contributed by atoms with van der Waals surface area (Å²) in [7, 11) is 0. The highest BCUT2D eigenvalue weighted by Crippen LogP contribution is 2.30. The third kappa shape index (κ3) is 3.00. The summed E-state index contributed by atoms with van der Waals surface area (Å²) in [4.78, 5) is 7.35. The fraction of sp³-hybridized carbons (Fsp3) is 0.533. The molecule has 0 saturated heterocycles.